The maximum absolute atomic E-state index is 12.0. The highest BCUT2D eigenvalue weighted by Crippen LogP contribution is 2.18. The van der Waals surface area contributed by atoms with Crippen molar-refractivity contribution in [3.05, 3.63) is 29.8 Å². The van der Waals surface area contributed by atoms with Crippen molar-refractivity contribution in [2.24, 2.45) is 0 Å². The summed E-state index contributed by atoms with van der Waals surface area (Å²) in [5.74, 6) is 4.54. The van der Waals surface area contributed by atoms with Crippen LogP contribution in [0.2, 0.25) is 0 Å². The lowest BCUT2D eigenvalue weighted by atomic mass is 10.1. The second-order valence-corrected chi connectivity index (χ2v) is 8.47. The Labute approximate surface area is 169 Å². The molecule has 2 heterocycles. The maximum Gasteiger partial charge on any atom is 0.414 e. The van der Waals surface area contributed by atoms with Gasteiger partial charge in [0.1, 0.15) is 6.61 Å². The number of likely N-dealkylation sites (tertiary alicyclic amines) is 1. The smallest absolute Gasteiger partial charge is 0.414 e. The number of benzene rings is 1. The second-order valence-electron chi connectivity index (χ2n) is 6.55. The molecule has 0 aliphatic carbocycles. The number of nitrogens with zero attached hydrogens (tertiary/aromatic N) is 2. The molecular weight excluding hydrogens is 398 g/mol. The lowest BCUT2D eigenvalue weighted by Gasteiger charge is -2.24. The molecule has 2 aliphatic heterocycles. The molecule has 1 aromatic carbocycles. The molecule has 2 fully saturated rings. The molecule has 0 aromatic heterocycles. The van der Waals surface area contributed by atoms with E-state index >= 15 is 0 Å². The van der Waals surface area contributed by atoms with E-state index < -0.39 is 10.0 Å². The molecule has 0 saturated carbocycles. The third kappa shape index (κ3) is 5.56. The molecule has 9 nitrogen and oxygen atoms in total. The zero-order valence-corrected chi connectivity index (χ0v) is 16.5. The van der Waals surface area contributed by atoms with E-state index in [0.29, 0.717) is 30.8 Å². The number of hydrogen-bond donors (Lipinski definition) is 1. The third-order valence-electron chi connectivity index (χ3n) is 4.52. The normalized spacial score (nSPS) is 17.2. The van der Waals surface area contributed by atoms with Gasteiger partial charge in [0.05, 0.1) is 18.8 Å². The molecule has 1 aromatic rings. The summed E-state index contributed by atoms with van der Waals surface area (Å²) in [5.41, 5.74) is 1.38. The molecule has 2 aliphatic rings. The van der Waals surface area contributed by atoms with Crippen molar-refractivity contribution in [1.82, 2.24) is 9.62 Å². The number of carbonyl (C=O) groups excluding carboxylic acids is 3. The van der Waals surface area contributed by atoms with Gasteiger partial charge in [-0.3, -0.25) is 19.4 Å². The number of hydrogen-bond acceptors (Lipinski definition) is 6. The van der Waals surface area contributed by atoms with Crippen molar-refractivity contribution >= 4 is 33.6 Å². The molecule has 0 bridgehead atoms. The van der Waals surface area contributed by atoms with Gasteiger partial charge < -0.3 is 4.74 Å². The van der Waals surface area contributed by atoms with Crippen LogP contribution in [0, 0.1) is 11.8 Å². The molecule has 0 atom stereocenters. The molecule has 154 valence electrons. The lowest BCUT2D eigenvalue weighted by molar-refractivity contribution is -0.147. The summed E-state index contributed by atoms with van der Waals surface area (Å²) in [6.45, 7) is 0.617. The van der Waals surface area contributed by atoms with Crippen LogP contribution in [0.25, 0.3) is 0 Å². The van der Waals surface area contributed by atoms with Crippen LogP contribution in [0.1, 0.15) is 24.8 Å². The largest absolute Gasteiger partial charge is 0.447 e. The zero-order chi connectivity index (χ0) is 20.9. The molecule has 10 heteroatoms. The topological polar surface area (TPSA) is 113 Å². The van der Waals surface area contributed by atoms with E-state index in [1.54, 1.807) is 24.3 Å². The highest BCUT2D eigenvalue weighted by Gasteiger charge is 2.27. The first-order valence-electron chi connectivity index (χ1n) is 9.19. The van der Waals surface area contributed by atoms with E-state index in [2.05, 4.69) is 16.6 Å². The predicted octanol–water partition coefficient (Wildman–Crippen LogP) is 0.453. The summed E-state index contributed by atoms with van der Waals surface area (Å²) in [6.07, 6.45) is 0.661. The number of imide groups is 1. The first-order valence-corrected chi connectivity index (χ1v) is 10.8. The summed E-state index contributed by atoms with van der Waals surface area (Å²) in [4.78, 5) is 37.5. The molecular formula is C19H21N3O6S. The Morgan fingerprint density at radius 1 is 1.07 bits per heavy atom. The van der Waals surface area contributed by atoms with E-state index in [9.17, 15) is 22.8 Å². The Balaban J connectivity index is 1.48. The fourth-order valence-electron chi connectivity index (χ4n) is 2.98. The van der Waals surface area contributed by atoms with E-state index in [4.69, 9.17) is 4.74 Å². The zero-order valence-electron chi connectivity index (χ0n) is 15.7. The van der Waals surface area contributed by atoms with Crippen molar-refractivity contribution in [3.8, 4) is 11.8 Å². The molecule has 2 saturated heterocycles. The van der Waals surface area contributed by atoms with Crippen molar-refractivity contribution in [1.29, 1.82) is 0 Å². The van der Waals surface area contributed by atoms with Crippen LogP contribution in [0.4, 0.5) is 10.5 Å². The second kappa shape index (κ2) is 9.07. The number of anilines is 1. The van der Waals surface area contributed by atoms with Crippen LogP contribution in [0.15, 0.2) is 24.3 Å². The van der Waals surface area contributed by atoms with E-state index in [0.717, 1.165) is 4.90 Å². The number of cyclic esters (lactones) is 1. The predicted molar refractivity (Wildman–Crippen MR) is 104 cm³/mol. The molecule has 0 spiro atoms. The molecule has 0 unspecified atom stereocenters. The minimum atomic E-state index is -3.66. The first kappa shape index (κ1) is 20.8. The van der Waals surface area contributed by atoms with Gasteiger partial charge >= 0.3 is 6.09 Å². The monoisotopic (exact) mass is 419 g/mol. The van der Waals surface area contributed by atoms with Gasteiger partial charge in [-0.2, -0.15) is 0 Å². The number of ether oxygens (including phenoxy) is 1. The molecule has 29 heavy (non-hydrogen) atoms. The summed E-state index contributed by atoms with van der Waals surface area (Å²) >= 11 is 0. The van der Waals surface area contributed by atoms with Crippen molar-refractivity contribution in [2.75, 3.05) is 36.9 Å². The number of piperidine rings is 1. The number of nitrogens with one attached hydrogen (secondary N) is 1. The Hall–Kier alpha value is -2.90. The Morgan fingerprint density at radius 3 is 2.38 bits per heavy atom. The fraction of sp³-hybridized carbons (Fsp3) is 0.421. The third-order valence-corrected chi connectivity index (χ3v) is 5.82. The van der Waals surface area contributed by atoms with Gasteiger partial charge in [0.2, 0.25) is 21.8 Å². The van der Waals surface area contributed by atoms with Crippen LogP contribution in [-0.4, -0.2) is 63.2 Å². The standard InChI is InChI=1S/C19H21N3O6S/c23-17-4-1-5-18(24)22(17)12-14-29(26,27)20-10-2-3-15-6-8-16(9-7-15)21-11-13-28-19(21)25/h6-9,20H,1,4-5,10-14H2. The molecule has 1 N–H and O–H groups in total. The Morgan fingerprint density at radius 2 is 1.76 bits per heavy atom. The van der Waals surface area contributed by atoms with Crippen LogP contribution in [0.5, 0.6) is 0 Å². The number of rotatable bonds is 6. The van der Waals surface area contributed by atoms with Crippen LogP contribution in [-0.2, 0) is 24.3 Å². The van der Waals surface area contributed by atoms with Gasteiger partial charge in [-0.25, -0.2) is 17.9 Å². The molecule has 0 radical (unpaired) electrons. The van der Waals surface area contributed by atoms with Crippen LogP contribution in [0.3, 0.4) is 0 Å². The average Bonchev–Trinajstić information content (AvgIpc) is 3.11. The van der Waals surface area contributed by atoms with Gasteiger partial charge in [-0.05, 0) is 30.7 Å². The van der Waals surface area contributed by atoms with Gasteiger partial charge in [-0.1, -0.05) is 11.8 Å². The summed E-state index contributed by atoms with van der Waals surface area (Å²) in [5, 5.41) is 0. The van der Waals surface area contributed by atoms with Gasteiger partial charge in [0, 0.05) is 30.6 Å². The fourth-order valence-corrected chi connectivity index (χ4v) is 3.84. The molecule has 3 rings (SSSR count). The first-order chi connectivity index (χ1) is 13.9. The Kier molecular flexibility index (Phi) is 6.51. The summed E-state index contributed by atoms with van der Waals surface area (Å²) in [6, 6.07) is 6.95. The van der Waals surface area contributed by atoms with E-state index in [1.807, 2.05) is 0 Å². The lowest BCUT2D eigenvalue weighted by Crippen LogP contribution is -2.44. The van der Waals surface area contributed by atoms with Crippen molar-refractivity contribution in [2.45, 2.75) is 19.3 Å². The number of sulfonamides is 1. The van der Waals surface area contributed by atoms with Crippen LogP contribution < -0.4 is 9.62 Å². The molecule has 3 amide bonds. The maximum atomic E-state index is 12.0. The van der Waals surface area contributed by atoms with E-state index in [-0.39, 0.29) is 49.6 Å². The highest BCUT2D eigenvalue weighted by atomic mass is 32.2. The number of amides is 3. The number of carbonyl (C=O) groups is 3. The SMILES string of the molecule is O=C1CCCC(=O)N1CCS(=O)(=O)NCC#Cc1ccc(N2CCOC2=O)cc1. The summed E-state index contributed by atoms with van der Waals surface area (Å²) in [7, 11) is -3.66. The van der Waals surface area contributed by atoms with Gasteiger partial charge in [-0.15, -0.1) is 0 Å². The van der Waals surface area contributed by atoms with Crippen molar-refractivity contribution < 1.29 is 27.5 Å². The van der Waals surface area contributed by atoms with Crippen molar-refractivity contribution in [3.63, 3.8) is 0 Å². The highest BCUT2D eigenvalue weighted by molar-refractivity contribution is 7.89. The quantitative estimate of drug-likeness (QED) is 0.529. The van der Waals surface area contributed by atoms with Crippen LogP contribution >= 0.6 is 0 Å². The summed E-state index contributed by atoms with van der Waals surface area (Å²) < 4.78 is 31.3. The van der Waals surface area contributed by atoms with Gasteiger partial charge in [0.15, 0.2) is 0 Å². The average molecular weight is 419 g/mol. The minimum absolute atomic E-state index is 0.0928. The Bertz CT molecular complexity index is 946. The van der Waals surface area contributed by atoms with Gasteiger partial charge in [0.25, 0.3) is 0 Å². The van der Waals surface area contributed by atoms with E-state index in [1.165, 1.54) is 4.90 Å². The minimum Gasteiger partial charge on any atom is -0.447 e.